The van der Waals surface area contributed by atoms with Gasteiger partial charge in [-0.1, -0.05) is 48.5 Å². The molecule has 3 aliphatic heterocycles. The van der Waals surface area contributed by atoms with Crippen molar-refractivity contribution in [3.8, 4) is 0 Å². The second kappa shape index (κ2) is 10.8. The van der Waals surface area contributed by atoms with Crippen LogP contribution >= 0.6 is 0 Å². The fourth-order valence-electron chi connectivity index (χ4n) is 5.23. The Morgan fingerprint density at radius 3 is 2.20 bits per heavy atom. The molecule has 3 rings (SSSR count). The highest BCUT2D eigenvalue weighted by atomic mass is 28.4. The van der Waals surface area contributed by atoms with Gasteiger partial charge in [0, 0.05) is 19.3 Å². The largest absolute Gasteiger partial charge is 0.414 e. The number of hydrogen-bond donors (Lipinski definition) is 0. The van der Waals surface area contributed by atoms with Crippen LogP contribution in [-0.4, -0.2) is 60.1 Å². The summed E-state index contributed by atoms with van der Waals surface area (Å²) in [4.78, 5) is 0. The molecule has 7 heteroatoms. The van der Waals surface area contributed by atoms with E-state index in [0.29, 0.717) is 12.5 Å². The molecule has 0 aromatic carbocycles. The predicted octanol–water partition coefficient (Wildman–Crippen LogP) is 7.66. The Hall–Kier alpha value is 0.234. The highest BCUT2D eigenvalue weighted by Crippen LogP contribution is 2.46. The molecule has 0 bridgehead atoms. The number of fused-ring (bicyclic) bond motifs is 1. The first-order valence-corrected chi connectivity index (χ1v) is 20.1. The molecule has 3 heterocycles. The Morgan fingerprint density at radius 2 is 1.63 bits per heavy atom. The molecule has 5 nitrogen and oxygen atoms in total. The first-order valence-electron chi connectivity index (χ1n) is 14.2. The maximum absolute atomic E-state index is 6.93. The zero-order chi connectivity index (χ0) is 26.3. The molecule has 2 unspecified atom stereocenters. The molecule has 6 atom stereocenters. The van der Waals surface area contributed by atoms with E-state index in [4.69, 9.17) is 23.1 Å². The van der Waals surface area contributed by atoms with Crippen molar-refractivity contribution in [2.45, 2.75) is 160 Å². The van der Waals surface area contributed by atoms with Gasteiger partial charge in [0.1, 0.15) is 0 Å². The lowest BCUT2D eigenvalue weighted by Gasteiger charge is -2.46. The van der Waals surface area contributed by atoms with Crippen LogP contribution in [0.1, 0.15) is 93.4 Å². The van der Waals surface area contributed by atoms with Gasteiger partial charge in [-0.3, -0.25) is 0 Å². The Morgan fingerprint density at radius 1 is 0.971 bits per heavy atom. The molecule has 0 saturated carbocycles. The fraction of sp³-hybridized carbons (Fsp3) is 1.00. The lowest BCUT2D eigenvalue weighted by Crippen LogP contribution is -2.52. The van der Waals surface area contributed by atoms with Crippen molar-refractivity contribution >= 4 is 16.6 Å². The van der Waals surface area contributed by atoms with Crippen molar-refractivity contribution < 1.29 is 23.1 Å². The van der Waals surface area contributed by atoms with Gasteiger partial charge in [0.15, 0.2) is 22.4 Å². The minimum Gasteiger partial charge on any atom is -0.414 e. The molecule has 0 N–H and O–H groups in total. The molecule has 0 radical (unpaired) electrons. The molecule has 0 aromatic rings. The Labute approximate surface area is 218 Å². The van der Waals surface area contributed by atoms with Crippen LogP contribution < -0.4 is 0 Å². The van der Waals surface area contributed by atoms with Crippen molar-refractivity contribution in [3.63, 3.8) is 0 Å². The van der Waals surface area contributed by atoms with Gasteiger partial charge in [-0.2, -0.15) is 0 Å². The first-order chi connectivity index (χ1) is 15.9. The van der Waals surface area contributed by atoms with Gasteiger partial charge < -0.3 is 23.1 Å². The lowest BCUT2D eigenvalue weighted by atomic mass is 9.85. The van der Waals surface area contributed by atoms with Gasteiger partial charge in [0.2, 0.25) is 0 Å². The number of hydrogen-bond acceptors (Lipinski definition) is 5. The average molecular weight is 529 g/mol. The smallest absolute Gasteiger partial charge is 0.192 e. The molecule has 0 amide bonds. The summed E-state index contributed by atoms with van der Waals surface area (Å²) in [6.45, 7) is 27.1. The summed E-state index contributed by atoms with van der Waals surface area (Å²) in [6.07, 6.45) is 7.97. The fourth-order valence-corrected chi connectivity index (χ4v) is 7.64. The Kier molecular flexibility index (Phi) is 9.17. The van der Waals surface area contributed by atoms with Gasteiger partial charge >= 0.3 is 0 Å². The minimum absolute atomic E-state index is 0.114. The maximum Gasteiger partial charge on any atom is 0.192 e. The Bertz CT molecular complexity index is 690. The van der Waals surface area contributed by atoms with Crippen LogP contribution in [0.3, 0.4) is 0 Å². The van der Waals surface area contributed by atoms with Crippen molar-refractivity contribution in [2.24, 2.45) is 5.92 Å². The van der Waals surface area contributed by atoms with Crippen molar-refractivity contribution in [3.05, 3.63) is 0 Å². The molecule has 3 saturated heterocycles. The third kappa shape index (κ3) is 7.21. The highest BCUT2D eigenvalue weighted by Gasteiger charge is 2.51. The second-order valence-electron chi connectivity index (χ2n) is 14.7. The molecular weight excluding hydrogens is 472 g/mol. The molecule has 206 valence electrons. The Balaban J connectivity index is 1.62. The molecular formula is C28H56O5Si2. The summed E-state index contributed by atoms with van der Waals surface area (Å²) in [5.74, 6) is 0.111. The van der Waals surface area contributed by atoms with E-state index < -0.39 is 16.6 Å². The summed E-state index contributed by atoms with van der Waals surface area (Å²) in [6, 6.07) is 0. The van der Waals surface area contributed by atoms with Gasteiger partial charge in [0.05, 0.1) is 37.6 Å². The summed E-state index contributed by atoms with van der Waals surface area (Å²) in [5, 5.41) is 0.377. The maximum atomic E-state index is 6.93. The van der Waals surface area contributed by atoms with Crippen LogP contribution in [-0.2, 0) is 23.1 Å². The van der Waals surface area contributed by atoms with Crippen LogP contribution in [0.25, 0.3) is 0 Å². The first kappa shape index (κ1) is 29.8. The van der Waals surface area contributed by atoms with E-state index in [1.165, 1.54) is 6.42 Å². The molecule has 35 heavy (non-hydrogen) atoms. The highest BCUT2D eigenvalue weighted by molar-refractivity contribution is 6.74. The molecule has 3 fully saturated rings. The van der Waals surface area contributed by atoms with Crippen molar-refractivity contribution in [1.29, 1.82) is 0 Å². The van der Waals surface area contributed by atoms with Gasteiger partial charge in [-0.15, -0.1) is 0 Å². The average Bonchev–Trinajstić information content (AvgIpc) is 3.12. The van der Waals surface area contributed by atoms with Crippen LogP contribution in [0.2, 0.25) is 36.3 Å². The van der Waals surface area contributed by atoms with Crippen molar-refractivity contribution in [1.82, 2.24) is 0 Å². The van der Waals surface area contributed by atoms with Crippen LogP contribution in [0, 0.1) is 5.92 Å². The van der Waals surface area contributed by atoms with Gasteiger partial charge in [-0.25, -0.2) is 0 Å². The van der Waals surface area contributed by atoms with E-state index >= 15 is 0 Å². The quantitative estimate of drug-likeness (QED) is 0.303. The zero-order valence-corrected chi connectivity index (χ0v) is 26.8. The molecule has 3 aliphatic rings. The van der Waals surface area contributed by atoms with E-state index in [0.717, 1.165) is 45.1 Å². The normalized spacial score (nSPS) is 33.7. The van der Waals surface area contributed by atoms with Crippen LogP contribution in [0.15, 0.2) is 0 Å². The summed E-state index contributed by atoms with van der Waals surface area (Å²) in [7, 11) is -3.74. The standard InChI is InChI=1S/C28H56O5Si2/c1-21-19-28(16-12-13-17-29-28)32-24-18-22(31-25(21)24)14-15-23(33-35(10,11)27(5,6)7)20-30-34(8,9)26(2,3)4/h21-25H,12-20H2,1-11H3/t21-,22+,23+,24?,25?,28+/m0/s1. The molecule has 0 aliphatic carbocycles. The van der Waals surface area contributed by atoms with E-state index in [1.807, 2.05) is 0 Å². The van der Waals surface area contributed by atoms with Gasteiger partial charge in [-0.05, 0) is 67.9 Å². The third-order valence-electron chi connectivity index (χ3n) is 9.60. The van der Waals surface area contributed by atoms with E-state index in [1.54, 1.807) is 0 Å². The van der Waals surface area contributed by atoms with Gasteiger partial charge in [0.25, 0.3) is 0 Å². The minimum atomic E-state index is -1.90. The summed E-state index contributed by atoms with van der Waals surface area (Å²) in [5.41, 5.74) is 0. The second-order valence-corrected chi connectivity index (χ2v) is 24.2. The van der Waals surface area contributed by atoms with E-state index in [-0.39, 0.29) is 40.3 Å². The predicted molar refractivity (Wildman–Crippen MR) is 149 cm³/mol. The van der Waals surface area contributed by atoms with Crippen LogP contribution in [0.5, 0.6) is 0 Å². The number of rotatable bonds is 8. The summed E-state index contributed by atoms with van der Waals surface area (Å²) >= 11 is 0. The molecule has 1 spiro atoms. The zero-order valence-electron chi connectivity index (χ0n) is 24.8. The summed E-state index contributed by atoms with van der Waals surface area (Å²) < 4.78 is 33.0. The topological polar surface area (TPSA) is 46.2 Å². The van der Waals surface area contributed by atoms with Crippen LogP contribution in [0.4, 0.5) is 0 Å². The van der Waals surface area contributed by atoms with E-state index in [9.17, 15) is 0 Å². The van der Waals surface area contributed by atoms with E-state index in [2.05, 4.69) is 74.7 Å². The SMILES string of the molecule is C[C@H]1C[C@@]2(CCCCO2)OC2C[C@@H](CC[C@H](CO[Si](C)(C)C(C)(C)C)O[Si](C)(C)C(C)(C)C)OC21. The third-order valence-corrected chi connectivity index (χ3v) is 18.6. The van der Waals surface area contributed by atoms with Crippen molar-refractivity contribution in [2.75, 3.05) is 13.2 Å². The number of ether oxygens (including phenoxy) is 3. The lowest BCUT2D eigenvalue weighted by molar-refractivity contribution is -0.314. The monoisotopic (exact) mass is 528 g/mol. The molecule has 0 aromatic heterocycles.